The van der Waals surface area contributed by atoms with Crippen molar-refractivity contribution in [3.63, 3.8) is 0 Å². The number of thiophene rings is 1. The molecule has 0 saturated heterocycles. The van der Waals surface area contributed by atoms with Crippen LogP contribution in [0.3, 0.4) is 0 Å². The smallest absolute Gasteiger partial charge is 0.150 e. The molecular formula is C24H26N4O2S. The van der Waals surface area contributed by atoms with Crippen molar-refractivity contribution in [1.29, 1.82) is 0 Å². The maximum absolute atomic E-state index is 10.0. The number of nitrogens with zero attached hydrogens (tertiary/aromatic N) is 4. The van der Waals surface area contributed by atoms with Gasteiger partial charge in [-0.05, 0) is 44.2 Å². The fraction of sp³-hybridized carbons (Fsp3) is 0.375. The Morgan fingerprint density at radius 1 is 1.00 bits per heavy atom. The highest BCUT2D eigenvalue weighted by atomic mass is 32.1. The lowest BCUT2D eigenvalue weighted by Crippen LogP contribution is -2.37. The number of hydrogen-bond acceptors (Lipinski definition) is 7. The third-order valence-electron chi connectivity index (χ3n) is 5.77. The summed E-state index contributed by atoms with van der Waals surface area (Å²) in [7, 11) is 0. The van der Waals surface area contributed by atoms with E-state index in [0.717, 1.165) is 56.8 Å². The lowest BCUT2D eigenvalue weighted by atomic mass is 10.0. The van der Waals surface area contributed by atoms with Crippen LogP contribution in [0.1, 0.15) is 31.4 Å². The highest BCUT2D eigenvalue weighted by Gasteiger charge is 2.26. The van der Waals surface area contributed by atoms with E-state index in [-0.39, 0.29) is 0 Å². The minimum Gasteiger partial charge on any atom is -0.392 e. The zero-order valence-electron chi connectivity index (χ0n) is 17.7. The van der Waals surface area contributed by atoms with Crippen molar-refractivity contribution < 1.29 is 10.2 Å². The summed E-state index contributed by atoms with van der Waals surface area (Å²) in [6, 6.07) is 10.4. The van der Waals surface area contributed by atoms with Gasteiger partial charge in [-0.1, -0.05) is 30.3 Å². The number of pyridine rings is 1. The van der Waals surface area contributed by atoms with Crippen LogP contribution in [0.25, 0.3) is 31.7 Å². The molecule has 160 valence electrons. The molecule has 0 bridgehead atoms. The van der Waals surface area contributed by atoms with Crippen LogP contribution >= 0.6 is 11.3 Å². The molecule has 6 nitrogen and oxygen atoms in total. The van der Waals surface area contributed by atoms with Gasteiger partial charge >= 0.3 is 0 Å². The number of aliphatic hydroxyl groups is 2. The van der Waals surface area contributed by atoms with Gasteiger partial charge in [-0.3, -0.25) is 0 Å². The Morgan fingerprint density at radius 2 is 1.71 bits per heavy atom. The second kappa shape index (κ2) is 8.15. The van der Waals surface area contributed by atoms with Gasteiger partial charge in [0.05, 0.1) is 28.1 Å². The predicted octanol–water partition coefficient (Wildman–Crippen LogP) is 3.96. The molecular weight excluding hydrogens is 408 g/mol. The Balaban J connectivity index is 1.74. The molecule has 0 aliphatic heterocycles. The molecule has 4 aromatic rings. The van der Waals surface area contributed by atoms with E-state index in [2.05, 4.69) is 34.2 Å². The van der Waals surface area contributed by atoms with Crippen molar-refractivity contribution >= 4 is 37.6 Å². The number of benzene rings is 1. The molecule has 2 atom stereocenters. The molecule has 3 heterocycles. The van der Waals surface area contributed by atoms with E-state index in [9.17, 15) is 10.2 Å². The number of anilines is 1. The molecule has 0 saturated carbocycles. The molecule has 31 heavy (non-hydrogen) atoms. The minimum absolute atomic E-state index is 0.395. The van der Waals surface area contributed by atoms with Gasteiger partial charge in [0.25, 0.3) is 0 Å². The van der Waals surface area contributed by atoms with Crippen molar-refractivity contribution in [3.05, 3.63) is 47.8 Å². The van der Waals surface area contributed by atoms with Gasteiger partial charge in [-0.15, -0.1) is 11.3 Å². The molecule has 0 amide bonds. The lowest BCUT2D eigenvalue weighted by molar-refractivity contribution is 0.178. The van der Waals surface area contributed by atoms with Gasteiger partial charge in [0.1, 0.15) is 17.0 Å². The Kier molecular flexibility index (Phi) is 5.33. The first-order valence-electron chi connectivity index (χ1n) is 10.8. The number of fused-ring (bicyclic) bond motifs is 5. The zero-order chi connectivity index (χ0) is 21.5. The first-order chi connectivity index (χ1) is 15.0. The normalized spacial score (nSPS) is 15.4. The molecule has 0 spiro atoms. The molecule has 1 aliphatic rings. The molecule has 0 unspecified atom stereocenters. The maximum atomic E-state index is 10.0. The average Bonchev–Trinajstić information content (AvgIpc) is 3.36. The summed E-state index contributed by atoms with van der Waals surface area (Å²) in [4.78, 5) is 17.3. The highest BCUT2D eigenvalue weighted by molar-refractivity contribution is 7.26. The quantitative estimate of drug-likeness (QED) is 0.478. The monoisotopic (exact) mass is 434 g/mol. The summed E-state index contributed by atoms with van der Waals surface area (Å²) < 4.78 is 0.964. The molecule has 0 fully saturated rings. The van der Waals surface area contributed by atoms with E-state index in [1.165, 1.54) is 11.1 Å². The van der Waals surface area contributed by atoms with Crippen LogP contribution in [0.2, 0.25) is 0 Å². The third-order valence-corrected chi connectivity index (χ3v) is 6.84. The molecule has 1 aliphatic carbocycles. The van der Waals surface area contributed by atoms with E-state index in [4.69, 9.17) is 4.98 Å². The number of aliphatic hydroxyl groups excluding tert-OH is 2. The first-order valence-corrected chi connectivity index (χ1v) is 11.6. The van der Waals surface area contributed by atoms with E-state index in [1.807, 2.05) is 11.0 Å². The Hall–Kier alpha value is -2.61. The predicted molar refractivity (Wildman–Crippen MR) is 126 cm³/mol. The lowest BCUT2D eigenvalue weighted by Gasteiger charge is -2.26. The van der Waals surface area contributed by atoms with Crippen LogP contribution in [0.5, 0.6) is 0 Å². The summed E-state index contributed by atoms with van der Waals surface area (Å²) in [5.74, 6) is 0.753. The number of rotatable bonds is 6. The van der Waals surface area contributed by atoms with Crippen LogP contribution in [0.4, 0.5) is 5.82 Å². The second-order valence-electron chi connectivity index (χ2n) is 8.40. The fourth-order valence-electron chi connectivity index (χ4n) is 4.63. The highest BCUT2D eigenvalue weighted by Crippen LogP contribution is 2.43. The van der Waals surface area contributed by atoms with Crippen LogP contribution in [-0.4, -0.2) is 50.5 Å². The summed E-state index contributed by atoms with van der Waals surface area (Å²) in [6.07, 6.45) is 3.71. The van der Waals surface area contributed by atoms with Gasteiger partial charge in [-0.25, -0.2) is 15.0 Å². The Morgan fingerprint density at radius 3 is 2.42 bits per heavy atom. The first kappa shape index (κ1) is 20.3. The maximum Gasteiger partial charge on any atom is 0.150 e. The van der Waals surface area contributed by atoms with Crippen molar-refractivity contribution in [2.24, 2.45) is 0 Å². The second-order valence-corrected chi connectivity index (χ2v) is 9.40. The topological polar surface area (TPSA) is 82.4 Å². The molecule has 7 heteroatoms. The molecule has 3 aromatic heterocycles. The van der Waals surface area contributed by atoms with E-state index in [0.29, 0.717) is 13.1 Å². The van der Waals surface area contributed by atoms with Gasteiger partial charge in [0, 0.05) is 24.0 Å². The van der Waals surface area contributed by atoms with E-state index < -0.39 is 12.2 Å². The molecule has 2 N–H and O–H groups in total. The van der Waals surface area contributed by atoms with Gasteiger partial charge in [0.2, 0.25) is 0 Å². The largest absolute Gasteiger partial charge is 0.392 e. The average molecular weight is 435 g/mol. The fourth-order valence-corrected chi connectivity index (χ4v) is 5.81. The van der Waals surface area contributed by atoms with Gasteiger partial charge < -0.3 is 15.1 Å². The summed E-state index contributed by atoms with van der Waals surface area (Å²) in [5.41, 5.74) is 5.85. The molecule has 1 aromatic carbocycles. The zero-order valence-corrected chi connectivity index (χ0v) is 18.6. The number of aromatic nitrogens is 3. The molecule has 0 radical (unpaired) electrons. The van der Waals surface area contributed by atoms with Crippen LogP contribution < -0.4 is 4.90 Å². The van der Waals surface area contributed by atoms with E-state index in [1.54, 1.807) is 31.5 Å². The molecule has 5 rings (SSSR count). The summed E-state index contributed by atoms with van der Waals surface area (Å²) in [5, 5.41) is 21.2. The van der Waals surface area contributed by atoms with Crippen molar-refractivity contribution in [2.45, 2.75) is 45.3 Å². The number of aryl methyl sites for hydroxylation is 1. The van der Waals surface area contributed by atoms with Crippen LogP contribution in [0.15, 0.2) is 36.7 Å². The number of hydrogen-bond donors (Lipinski definition) is 2. The van der Waals surface area contributed by atoms with Crippen molar-refractivity contribution in [3.8, 4) is 11.3 Å². The Bertz CT molecular complexity index is 1230. The summed E-state index contributed by atoms with van der Waals surface area (Å²) in [6.45, 7) is 4.29. The third kappa shape index (κ3) is 3.67. The Labute approximate surface area is 185 Å². The van der Waals surface area contributed by atoms with Crippen LogP contribution in [-0.2, 0) is 12.8 Å². The SMILES string of the molecule is C[C@H](O)CN(C[C@H](C)O)c1ncnc2c1sc1nc(-c3ccccc3)c3c(c12)CCC3. The van der Waals surface area contributed by atoms with Gasteiger partial charge in [-0.2, -0.15) is 0 Å². The minimum atomic E-state index is -0.537. The summed E-state index contributed by atoms with van der Waals surface area (Å²) >= 11 is 1.60. The van der Waals surface area contributed by atoms with Crippen LogP contribution in [0, 0.1) is 0 Å². The van der Waals surface area contributed by atoms with E-state index >= 15 is 0 Å². The van der Waals surface area contributed by atoms with Crippen molar-refractivity contribution in [2.75, 3.05) is 18.0 Å². The van der Waals surface area contributed by atoms with Gasteiger partial charge in [0.15, 0.2) is 0 Å². The standard InChI is InChI=1S/C24H26N4O2S/c1-14(29)11-28(12-15(2)30)23-22-21(25-13-26-23)19-17-9-6-10-18(17)20(27-24(19)31-22)16-7-4-3-5-8-16/h3-5,7-8,13-15,29-30H,6,9-12H2,1-2H3/t14-,15-/m0/s1. The van der Waals surface area contributed by atoms with Crippen molar-refractivity contribution in [1.82, 2.24) is 15.0 Å².